The van der Waals surface area contributed by atoms with Crippen LogP contribution in [0.2, 0.25) is 0 Å². The molecule has 0 bridgehead atoms. The monoisotopic (exact) mass is 336 g/mol. The first-order chi connectivity index (χ1) is 10.9. The van der Waals surface area contributed by atoms with Crippen molar-refractivity contribution in [2.24, 2.45) is 5.92 Å². The third-order valence-electron chi connectivity index (χ3n) is 4.43. The molecule has 3 rings (SSSR count). The number of carbonyl (C=O) groups excluding carboxylic acids is 1. The third-order valence-corrected chi connectivity index (χ3v) is 6.30. The molecule has 1 fully saturated rings. The van der Waals surface area contributed by atoms with Crippen molar-refractivity contribution in [3.8, 4) is 0 Å². The van der Waals surface area contributed by atoms with Crippen molar-refractivity contribution in [3.63, 3.8) is 0 Å². The van der Waals surface area contributed by atoms with E-state index in [1.54, 1.807) is 6.07 Å². The Kier molecular flexibility index (Phi) is 4.36. The number of anilines is 2. The summed E-state index contributed by atoms with van der Waals surface area (Å²) in [6, 6.07) is 5.52. The fourth-order valence-electron chi connectivity index (χ4n) is 2.88. The molecule has 5 nitrogen and oxygen atoms in total. The van der Waals surface area contributed by atoms with Gasteiger partial charge in [-0.1, -0.05) is 13.8 Å². The SMILES string of the molecule is CC(C)CCN1C(=O)CCc2cc(NS(=O)(=O)C3CC3)ccc21. The normalized spacial score (nSPS) is 18.2. The summed E-state index contributed by atoms with van der Waals surface area (Å²) in [6.45, 7) is 5.01. The summed E-state index contributed by atoms with van der Waals surface area (Å²) in [5.41, 5.74) is 2.58. The van der Waals surface area contributed by atoms with E-state index in [0.29, 0.717) is 24.4 Å². The molecule has 23 heavy (non-hydrogen) atoms. The maximum Gasteiger partial charge on any atom is 0.235 e. The molecule has 1 aromatic rings. The van der Waals surface area contributed by atoms with Gasteiger partial charge in [0.25, 0.3) is 0 Å². The number of carbonyl (C=O) groups is 1. The van der Waals surface area contributed by atoms with Gasteiger partial charge in [0.05, 0.1) is 5.25 Å². The lowest BCUT2D eigenvalue weighted by Gasteiger charge is -2.30. The minimum Gasteiger partial charge on any atom is -0.312 e. The molecule has 1 N–H and O–H groups in total. The second-order valence-corrected chi connectivity index (χ2v) is 8.88. The number of hydrogen-bond acceptors (Lipinski definition) is 3. The summed E-state index contributed by atoms with van der Waals surface area (Å²) in [5.74, 6) is 0.697. The molecule has 1 aliphatic carbocycles. The van der Waals surface area contributed by atoms with Crippen LogP contribution < -0.4 is 9.62 Å². The van der Waals surface area contributed by atoms with Gasteiger partial charge in [0.2, 0.25) is 15.9 Å². The lowest BCUT2D eigenvalue weighted by atomic mass is 9.99. The first-order valence-electron chi connectivity index (χ1n) is 8.32. The zero-order chi connectivity index (χ0) is 16.6. The number of nitrogens with zero attached hydrogens (tertiary/aromatic N) is 1. The summed E-state index contributed by atoms with van der Waals surface area (Å²) in [5, 5.41) is -0.234. The summed E-state index contributed by atoms with van der Waals surface area (Å²) >= 11 is 0. The Morgan fingerprint density at radius 3 is 2.65 bits per heavy atom. The van der Waals surface area contributed by atoms with Crippen molar-refractivity contribution in [1.29, 1.82) is 0 Å². The highest BCUT2D eigenvalue weighted by molar-refractivity contribution is 7.93. The first kappa shape index (κ1) is 16.3. The van der Waals surface area contributed by atoms with E-state index in [-0.39, 0.29) is 11.2 Å². The van der Waals surface area contributed by atoms with Crippen molar-refractivity contribution in [1.82, 2.24) is 0 Å². The van der Waals surface area contributed by atoms with Crippen LogP contribution in [0.25, 0.3) is 0 Å². The Bertz CT molecular complexity index is 709. The summed E-state index contributed by atoms with van der Waals surface area (Å²) < 4.78 is 26.8. The molecule has 1 saturated carbocycles. The average Bonchev–Trinajstić information content (AvgIpc) is 3.31. The smallest absolute Gasteiger partial charge is 0.235 e. The van der Waals surface area contributed by atoms with Crippen LogP contribution in [0.5, 0.6) is 0 Å². The van der Waals surface area contributed by atoms with Crippen molar-refractivity contribution in [2.75, 3.05) is 16.2 Å². The van der Waals surface area contributed by atoms with Crippen LogP contribution in [0.1, 0.15) is 45.1 Å². The van der Waals surface area contributed by atoms with E-state index < -0.39 is 10.0 Å². The fraction of sp³-hybridized carbons (Fsp3) is 0.588. The highest BCUT2D eigenvalue weighted by atomic mass is 32.2. The molecule has 0 spiro atoms. The van der Waals surface area contributed by atoms with Gasteiger partial charge in [0.1, 0.15) is 0 Å². The standard InChI is InChI=1S/C17H24N2O3S/c1-12(2)9-10-19-16-7-4-14(11-13(16)3-8-17(19)20)18-23(21,22)15-5-6-15/h4,7,11-12,15,18H,3,5-6,8-10H2,1-2H3. The van der Waals surface area contributed by atoms with Crippen molar-refractivity contribution >= 4 is 27.3 Å². The van der Waals surface area contributed by atoms with Crippen LogP contribution in [0.15, 0.2) is 18.2 Å². The quantitative estimate of drug-likeness (QED) is 0.868. The predicted octanol–water partition coefficient (Wildman–Crippen LogP) is 2.92. The molecule has 0 saturated heterocycles. The molecule has 0 aromatic heterocycles. The summed E-state index contributed by atoms with van der Waals surface area (Å²) in [4.78, 5) is 14.0. The molecular weight excluding hydrogens is 312 g/mol. The first-order valence-corrected chi connectivity index (χ1v) is 9.86. The van der Waals surface area contributed by atoms with E-state index in [0.717, 1.165) is 37.1 Å². The molecular formula is C17H24N2O3S. The Labute approximate surface area is 138 Å². The second kappa shape index (κ2) is 6.15. The fourth-order valence-corrected chi connectivity index (χ4v) is 4.26. The summed E-state index contributed by atoms with van der Waals surface area (Å²) in [6.07, 6.45) is 3.62. The zero-order valence-electron chi connectivity index (χ0n) is 13.7. The number of sulfonamides is 1. The van der Waals surface area contributed by atoms with Crippen LogP contribution in [0.3, 0.4) is 0 Å². The van der Waals surface area contributed by atoms with Crippen LogP contribution in [-0.4, -0.2) is 26.1 Å². The Morgan fingerprint density at radius 2 is 2.00 bits per heavy atom. The van der Waals surface area contributed by atoms with Gasteiger partial charge < -0.3 is 4.90 Å². The van der Waals surface area contributed by atoms with E-state index in [1.807, 2.05) is 17.0 Å². The molecule has 6 heteroatoms. The van der Waals surface area contributed by atoms with Gasteiger partial charge >= 0.3 is 0 Å². The molecule has 0 atom stereocenters. The van der Waals surface area contributed by atoms with E-state index in [1.165, 1.54) is 0 Å². The summed E-state index contributed by atoms with van der Waals surface area (Å²) in [7, 11) is -3.24. The van der Waals surface area contributed by atoms with E-state index in [2.05, 4.69) is 18.6 Å². The third kappa shape index (κ3) is 3.68. The number of hydrogen-bond donors (Lipinski definition) is 1. The van der Waals surface area contributed by atoms with Crippen LogP contribution in [-0.2, 0) is 21.2 Å². The lowest BCUT2D eigenvalue weighted by Crippen LogP contribution is -2.36. The van der Waals surface area contributed by atoms with E-state index in [9.17, 15) is 13.2 Å². The van der Waals surface area contributed by atoms with Crippen LogP contribution in [0.4, 0.5) is 11.4 Å². The maximum absolute atomic E-state index is 12.2. The van der Waals surface area contributed by atoms with E-state index in [4.69, 9.17) is 0 Å². The number of rotatable bonds is 6. The Morgan fingerprint density at radius 1 is 1.26 bits per heavy atom. The lowest BCUT2D eigenvalue weighted by molar-refractivity contribution is -0.118. The largest absolute Gasteiger partial charge is 0.312 e. The number of aryl methyl sites for hydroxylation is 1. The van der Waals surface area contributed by atoms with Crippen molar-refractivity contribution in [2.45, 2.75) is 51.2 Å². The van der Waals surface area contributed by atoms with Gasteiger partial charge in [0.15, 0.2) is 0 Å². The number of fused-ring (bicyclic) bond motifs is 1. The number of benzene rings is 1. The van der Waals surface area contributed by atoms with Gasteiger partial charge in [-0.2, -0.15) is 0 Å². The number of amides is 1. The van der Waals surface area contributed by atoms with Crippen LogP contribution in [0, 0.1) is 5.92 Å². The van der Waals surface area contributed by atoms with Gasteiger partial charge in [-0.25, -0.2) is 8.42 Å². The zero-order valence-corrected chi connectivity index (χ0v) is 14.5. The molecule has 1 aromatic carbocycles. The molecule has 1 amide bonds. The second-order valence-electron chi connectivity index (χ2n) is 6.92. The highest BCUT2D eigenvalue weighted by Crippen LogP contribution is 2.33. The average molecular weight is 336 g/mol. The maximum atomic E-state index is 12.2. The predicted molar refractivity (Wildman–Crippen MR) is 92.1 cm³/mol. The molecule has 1 aliphatic heterocycles. The van der Waals surface area contributed by atoms with Gasteiger partial charge in [-0.3, -0.25) is 9.52 Å². The highest BCUT2D eigenvalue weighted by Gasteiger charge is 2.36. The molecule has 0 unspecified atom stereocenters. The van der Waals surface area contributed by atoms with Gasteiger partial charge in [-0.15, -0.1) is 0 Å². The molecule has 2 aliphatic rings. The molecule has 0 radical (unpaired) electrons. The van der Waals surface area contributed by atoms with Crippen molar-refractivity contribution < 1.29 is 13.2 Å². The van der Waals surface area contributed by atoms with Gasteiger partial charge in [0, 0.05) is 24.3 Å². The Hall–Kier alpha value is -1.56. The minimum atomic E-state index is -3.24. The van der Waals surface area contributed by atoms with E-state index >= 15 is 0 Å². The molecule has 1 heterocycles. The topological polar surface area (TPSA) is 66.5 Å². The van der Waals surface area contributed by atoms with Gasteiger partial charge in [-0.05, 0) is 55.4 Å². The molecule has 126 valence electrons. The Balaban J connectivity index is 1.80. The van der Waals surface area contributed by atoms with Crippen LogP contribution >= 0.6 is 0 Å². The van der Waals surface area contributed by atoms with Crippen molar-refractivity contribution in [3.05, 3.63) is 23.8 Å². The minimum absolute atomic E-state index is 0.157. The number of nitrogens with one attached hydrogen (secondary N) is 1.